The number of benzene rings is 1. The Morgan fingerprint density at radius 1 is 1.11 bits per heavy atom. The maximum absolute atomic E-state index is 14.9. The minimum absolute atomic E-state index is 0.215. The van der Waals surface area contributed by atoms with Gasteiger partial charge in [0.1, 0.15) is 5.69 Å². The Kier molecular flexibility index (Phi) is 7.19. The molecule has 2 fully saturated rings. The van der Waals surface area contributed by atoms with Crippen molar-refractivity contribution in [2.24, 2.45) is 0 Å². The molecule has 2 aliphatic heterocycles. The summed E-state index contributed by atoms with van der Waals surface area (Å²) in [6.07, 6.45) is 4.08. The average molecular weight is 482 g/mol. The molecule has 1 aromatic carbocycles. The molecule has 186 valence electrons. The lowest BCUT2D eigenvalue weighted by Gasteiger charge is -2.28. The molecular formula is C26H32FN5O3. The molecule has 0 spiro atoms. The van der Waals surface area contributed by atoms with E-state index in [-0.39, 0.29) is 30.2 Å². The Hall–Kier alpha value is -2.72. The summed E-state index contributed by atoms with van der Waals surface area (Å²) < 4.78 is 25.6. The fourth-order valence-electron chi connectivity index (χ4n) is 4.87. The van der Waals surface area contributed by atoms with E-state index >= 15 is 0 Å². The van der Waals surface area contributed by atoms with E-state index in [9.17, 15) is 9.50 Å². The first kappa shape index (κ1) is 24.0. The first-order chi connectivity index (χ1) is 17.0. The zero-order valence-corrected chi connectivity index (χ0v) is 20.1. The third-order valence-electron chi connectivity index (χ3n) is 6.74. The van der Waals surface area contributed by atoms with Gasteiger partial charge >= 0.3 is 0 Å². The molecule has 3 atom stereocenters. The number of ether oxygens (including phenoxy) is 2. The largest absolute Gasteiger partial charge is 0.389 e. The van der Waals surface area contributed by atoms with Crippen LogP contribution in [0.3, 0.4) is 0 Å². The molecule has 0 amide bonds. The SMILES string of the molecule is CC(C)c1c(CN[C@H]2CCOC2)cnc2ccc(-c3nc(N[C@@H]4CCOC[C@@H]4O)ncc3F)cc12. The third-order valence-corrected chi connectivity index (χ3v) is 6.74. The summed E-state index contributed by atoms with van der Waals surface area (Å²) in [5.41, 5.74) is 4.07. The van der Waals surface area contributed by atoms with Gasteiger partial charge in [0.05, 0.1) is 37.1 Å². The number of rotatable bonds is 7. The van der Waals surface area contributed by atoms with Gasteiger partial charge in [-0.3, -0.25) is 4.98 Å². The lowest BCUT2D eigenvalue weighted by Crippen LogP contribution is -2.42. The van der Waals surface area contributed by atoms with Crippen molar-refractivity contribution in [3.8, 4) is 11.3 Å². The molecule has 2 saturated heterocycles. The molecule has 3 aromatic rings. The van der Waals surface area contributed by atoms with Crippen molar-refractivity contribution in [3.63, 3.8) is 0 Å². The number of hydrogen-bond acceptors (Lipinski definition) is 8. The highest BCUT2D eigenvalue weighted by Gasteiger charge is 2.25. The maximum atomic E-state index is 14.9. The van der Waals surface area contributed by atoms with Gasteiger partial charge in [-0.25, -0.2) is 14.4 Å². The highest BCUT2D eigenvalue weighted by atomic mass is 19.1. The summed E-state index contributed by atoms with van der Waals surface area (Å²) in [6, 6.07) is 5.84. The van der Waals surface area contributed by atoms with Crippen molar-refractivity contribution in [1.29, 1.82) is 0 Å². The van der Waals surface area contributed by atoms with Crippen molar-refractivity contribution in [2.75, 3.05) is 31.7 Å². The first-order valence-corrected chi connectivity index (χ1v) is 12.3. The second kappa shape index (κ2) is 10.5. The van der Waals surface area contributed by atoms with E-state index in [2.05, 4.69) is 39.4 Å². The van der Waals surface area contributed by atoms with E-state index in [1.54, 1.807) is 0 Å². The van der Waals surface area contributed by atoms with E-state index in [4.69, 9.17) is 9.47 Å². The molecule has 0 unspecified atom stereocenters. The van der Waals surface area contributed by atoms with E-state index < -0.39 is 11.9 Å². The molecule has 9 heteroatoms. The van der Waals surface area contributed by atoms with Crippen LogP contribution in [0.25, 0.3) is 22.2 Å². The van der Waals surface area contributed by atoms with Gasteiger partial charge in [0.2, 0.25) is 5.95 Å². The molecule has 0 radical (unpaired) electrons. The van der Waals surface area contributed by atoms with Gasteiger partial charge in [0.25, 0.3) is 0 Å². The van der Waals surface area contributed by atoms with Crippen LogP contribution in [-0.4, -0.2) is 64.7 Å². The van der Waals surface area contributed by atoms with Crippen molar-refractivity contribution in [3.05, 3.63) is 47.5 Å². The minimum Gasteiger partial charge on any atom is -0.389 e. The summed E-state index contributed by atoms with van der Waals surface area (Å²) in [5.74, 6) is 0.0433. The summed E-state index contributed by atoms with van der Waals surface area (Å²) in [4.78, 5) is 13.2. The second-order valence-corrected chi connectivity index (χ2v) is 9.60. The summed E-state index contributed by atoms with van der Waals surface area (Å²) in [6.45, 7) is 7.36. The van der Waals surface area contributed by atoms with Gasteiger partial charge in [-0.15, -0.1) is 0 Å². The zero-order valence-electron chi connectivity index (χ0n) is 20.1. The summed E-state index contributed by atoms with van der Waals surface area (Å²) >= 11 is 0. The van der Waals surface area contributed by atoms with Crippen LogP contribution in [0, 0.1) is 5.82 Å². The summed E-state index contributed by atoms with van der Waals surface area (Å²) in [5, 5.41) is 17.9. The smallest absolute Gasteiger partial charge is 0.223 e. The topological polar surface area (TPSA) is 101 Å². The van der Waals surface area contributed by atoms with Gasteiger partial charge in [0.15, 0.2) is 5.82 Å². The number of anilines is 1. The number of halogens is 1. The fourth-order valence-corrected chi connectivity index (χ4v) is 4.87. The molecule has 5 rings (SSSR count). The highest BCUT2D eigenvalue weighted by Crippen LogP contribution is 2.32. The molecule has 35 heavy (non-hydrogen) atoms. The molecule has 0 aliphatic carbocycles. The van der Waals surface area contributed by atoms with Crippen molar-refractivity contribution in [1.82, 2.24) is 20.3 Å². The van der Waals surface area contributed by atoms with Gasteiger partial charge < -0.3 is 25.2 Å². The number of aliphatic hydroxyl groups excluding tert-OH is 1. The van der Waals surface area contributed by atoms with Crippen molar-refractivity contribution in [2.45, 2.75) is 57.3 Å². The Morgan fingerprint density at radius 2 is 1.94 bits per heavy atom. The lowest BCUT2D eigenvalue weighted by molar-refractivity contribution is -0.0136. The standard InChI is InChI=1S/C26H32FN5O3/c1-15(2)24-17(10-28-18-5-7-34-13-18)11-29-21-4-3-16(9-19(21)24)25-20(27)12-30-26(32-25)31-22-6-8-35-14-23(22)33/h3-4,9,11-12,15,18,22-23,28,33H,5-8,10,13-14H2,1-2H3,(H,30,31,32)/t18-,22+,23-/m0/s1. The number of hydrogen-bond donors (Lipinski definition) is 3. The van der Waals surface area contributed by atoms with Crippen LogP contribution in [-0.2, 0) is 16.0 Å². The van der Waals surface area contributed by atoms with E-state index in [1.165, 1.54) is 11.8 Å². The molecular weight excluding hydrogens is 449 g/mol. The third kappa shape index (κ3) is 5.28. The van der Waals surface area contributed by atoms with Crippen molar-refractivity contribution >= 4 is 16.9 Å². The van der Waals surface area contributed by atoms with Crippen LogP contribution < -0.4 is 10.6 Å². The molecule has 3 N–H and O–H groups in total. The maximum Gasteiger partial charge on any atom is 0.223 e. The average Bonchev–Trinajstić information content (AvgIpc) is 3.38. The molecule has 0 bridgehead atoms. The Labute approximate surface area is 204 Å². The Bertz CT molecular complexity index is 1190. The predicted molar refractivity (Wildman–Crippen MR) is 132 cm³/mol. The molecule has 4 heterocycles. The highest BCUT2D eigenvalue weighted by molar-refractivity contribution is 5.88. The molecule has 0 saturated carbocycles. The van der Waals surface area contributed by atoms with Crippen LogP contribution in [0.5, 0.6) is 0 Å². The van der Waals surface area contributed by atoms with Crippen LogP contribution in [0.4, 0.5) is 10.3 Å². The van der Waals surface area contributed by atoms with E-state index in [0.29, 0.717) is 31.2 Å². The number of aromatic nitrogens is 3. The van der Waals surface area contributed by atoms with Crippen molar-refractivity contribution < 1.29 is 19.0 Å². The van der Waals surface area contributed by atoms with Crippen LogP contribution in [0.2, 0.25) is 0 Å². The normalized spacial score (nSPS) is 22.7. The fraction of sp³-hybridized carbons (Fsp3) is 0.500. The minimum atomic E-state index is -0.663. The van der Waals surface area contributed by atoms with E-state index in [0.717, 1.165) is 36.1 Å². The first-order valence-electron chi connectivity index (χ1n) is 12.3. The predicted octanol–water partition coefficient (Wildman–Crippen LogP) is 3.39. The van der Waals surface area contributed by atoms with Crippen LogP contribution in [0.1, 0.15) is 43.7 Å². The van der Waals surface area contributed by atoms with Crippen LogP contribution >= 0.6 is 0 Å². The number of fused-ring (bicyclic) bond motifs is 1. The molecule has 2 aliphatic rings. The van der Waals surface area contributed by atoms with Gasteiger partial charge in [-0.05, 0) is 42.0 Å². The zero-order chi connectivity index (χ0) is 24.4. The quantitative estimate of drug-likeness (QED) is 0.472. The number of nitrogens with zero attached hydrogens (tertiary/aromatic N) is 3. The number of nitrogens with one attached hydrogen (secondary N) is 2. The van der Waals surface area contributed by atoms with Gasteiger partial charge in [-0.2, -0.15) is 0 Å². The van der Waals surface area contributed by atoms with Crippen LogP contribution in [0.15, 0.2) is 30.6 Å². The summed E-state index contributed by atoms with van der Waals surface area (Å²) in [7, 11) is 0. The second-order valence-electron chi connectivity index (χ2n) is 9.60. The molecule has 2 aromatic heterocycles. The van der Waals surface area contributed by atoms with Gasteiger partial charge in [-0.1, -0.05) is 19.9 Å². The number of pyridine rings is 1. The molecule has 8 nitrogen and oxygen atoms in total. The Morgan fingerprint density at radius 3 is 2.71 bits per heavy atom. The lowest BCUT2D eigenvalue weighted by atomic mass is 9.92. The van der Waals surface area contributed by atoms with E-state index in [1.807, 2.05) is 24.4 Å². The van der Waals surface area contributed by atoms with Gasteiger partial charge in [0, 0.05) is 42.9 Å². The Balaban J connectivity index is 1.47. The monoisotopic (exact) mass is 481 g/mol. The number of aliphatic hydroxyl groups is 1.